The fourth-order valence-corrected chi connectivity index (χ4v) is 5.27. The molecule has 0 aromatic heterocycles. The molecule has 0 saturated heterocycles. The van der Waals surface area contributed by atoms with Crippen LogP contribution < -0.4 is 5.32 Å². The van der Waals surface area contributed by atoms with Crippen LogP contribution in [0.15, 0.2) is 97.1 Å². The van der Waals surface area contributed by atoms with Crippen LogP contribution in [0.2, 0.25) is 5.02 Å². The predicted molar refractivity (Wildman–Crippen MR) is 148 cm³/mol. The molecule has 0 saturated carbocycles. The Hall–Kier alpha value is -4.30. The van der Waals surface area contributed by atoms with Crippen molar-refractivity contribution in [3.63, 3.8) is 0 Å². The highest BCUT2D eigenvalue weighted by Crippen LogP contribution is 2.44. The molecule has 4 aromatic carbocycles. The number of rotatable bonds is 8. The number of esters is 1. The normalized spacial score (nSPS) is 13.2. The molecule has 5 nitrogen and oxygen atoms in total. The Morgan fingerprint density at radius 1 is 0.805 bits per heavy atom. The molecule has 1 N–H and O–H groups in total. The zero-order valence-electron chi connectivity index (χ0n) is 21.7. The molecule has 1 atom stereocenters. The van der Waals surface area contributed by atoms with Crippen molar-refractivity contribution < 1.29 is 32.2 Å². The summed E-state index contributed by atoms with van der Waals surface area (Å²) >= 11 is 5.88. The van der Waals surface area contributed by atoms with E-state index in [1.165, 1.54) is 6.07 Å². The second kappa shape index (κ2) is 12.1. The topological polar surface area (TPSA) is 64.6 Å². The highest BCUT2D eigenvalue weighted by atomic mass is 35.5. The van der Waals surface area contributed by atoms with Crippen molar-refractivity contribution in [1.82, 2.24) is 5.32 Å². The molecule has 1 amide bonds. The fraction of sp³-hybridized carbons (Fsp3) is 0.188. The average molecular weight is 580 g/mol. The van der Waals surface area contributed by atoms with Gasteiger partial charge >= 0.3 is 18.2 Å². The van der Waals surface area contributed by atoms with Gasteiger partial charge in [0.15, 0.2) is 0 Å². The van der Waals surface area contributed by atoms with Gasteiger partial charge in [-0.1, -0.05) is 96.5 Å². The third-order valence-corrected chi connectivity index (χ3v) is 7.24. The third-order valence-electron chi connectivity index (χ3n) is 6.92. The minimum atomic E-state index is -4.62. The summed E-state index contributed by atoms with van der Waals surface area (Å²) in [6.07, 6.45) is -5.63. The number of amides is 1. The van der Waals surface area contributed by atoms with E-state index >= 15 is 0 Å². The number of benzene rings is 4. The second-order valence-electron chi connectivity index (χ2n) is 9.63. The van der Waals surface area contributed by atoms with E-state index in [1.807, 2.05) is 54.6 Å². The van der Waals surface area contributed by atoms with E-state index in [2.05, 4.69) is 5.32 Å². The number of hydrogen-bond acceptors (Lipinski definition) is 4. The van der Waals surface area contributed by atoms with Gasteiger partial charge in [-0.05, 0) is 45.5 Å². The second-order valence-corrected chi connectivity index (χ2v) is 10.0. The van der Waals surface area contributed by atoms with Gasteiger partial charge in [0.2, 0.25) is 0 Å². The predicted octanol–water partition coefficient (Wildman–Crippen LogP) is 7.55. The Kier molecular flexibility index (Phi) is 8.31. The van der Waals surface area contributed by atoms with Crippen molar-refractivity contribution in [2.75, 3.05) is 6.61 Å². The third kappa shape index (κ3) is 6.55. The molecule has 0 aliphatic heterocycles. The first kappa shape index (κ1) is 28.2. The summed E-state index contributed by atoms with van der Waals surface area (Å²) < 4.78 is 50.5. The van der Waals surface area contributed by atoms with Gasteiger partial charge in [-0.15, -0.1) is 0 Å². The molecule has 4 aromatic rings. The molecule has 41 heavy (non-hydrogen) atoms. The molecule has 1 unspecified atom stereocenters. The Morgan fingerprint density at radius 3 is 2.02 bits per heavy atom. The summed E-state index contributed by atoms with van der Waals surface area (Å²) in [6, 6.07) is 26.6. The number of alkyl halides is 3. The molecule has 5 rings (SSSR count). The van der Waals surface area contributed by atoms with Crippen LogP contribution in [-0.4, -0.2) is 24.7 Å². The number of nitrogens with one attached hydrogen (secondary N) is 1. The zero-order chi connectivity index (χ0) is 29.0. The van der Waals surface area contributed by atoms with Crippen LogP contribution in [0.1, 0.15) is 33.7 Å². The van der Waals surface area contributed by atoms with Gasteiger partial charge in [0.05, 0.1) is 10.6 Å². The number of carbonyl (C=O) groups excluding carboxylic acids is 2. The van der Waals surface area contributed by atoms with E-state index < -0.39 is 34.9 Å². The van der Waals surface area contributed by atoms with Gasteiger partial charge in [-0.2, -0.15) is 13.2 Å². The zero-order valence-corrected chi connectivity index (χ0v) is 22.4. The Labute approximate surface area is 239 Å². The molecule has 210 valence electrons. The highest BCUT2D eigenvalue weighted by Gasteiger charge is 2.34. The van der Waals surface area contributed by atoms with Crippen molar-refractivity contribution in [3.8, 4) is 11.1 Å². The first-order valence-corrected chi connectivity index (χ1v) is 13.3. The molecule has 1 aliphatic rings. The lowest BCUT2D eigenvalue weighted by molar-refractivity contribution is -0.147. The van der Waals surface area contributed by atoms with Gasteiger partial charge < -0.3 is 14.8 Å². The van der Waals surface area contributed by atoms with E-state index in [4.69, 9.17) is 21.1 Å². The molecule has 0 heterocycles. The van der Waals surface area contributed by atoms with E-state index in [0.717, 1.165) is 39.9 Å². The lowest BCUT2D eigenvalue weighted by atomic mass is 9.98. The monoisotopic (exact) mass is 579 g/mol. The minimum absolute atomic E-state index is 0.0255. The molecule has 0 bridgehead atoms. The van der Waals surface area contributed by atoms with Crippen LogP contribution in [0.3, 0.4) is 0 Å². The number of hydrogen-bond donors (Lipinski definition) is 1. The number of ether oxygens (including phenoxy) is 2. The summed E-state index contributed by atoms with van der Waals surface area (Å²) in [5.74, 6) is -0.955. The van der Waals surface area contributed by atoms with Crippen LogP contribution in [-0.2, 0) is 33.5 Å². The maximum Gasteiger partial charge on any atom is 0.417 e. The number of halogens is 4. The molecule has 1 aliphatic carbocycles. The lowest BCUT2D eigenvalue weighted by Crippen LogP contribution is -2.44. The van der Waals surface area contributed by atoms with Crippen molar-refractivity contribution >= 4 is 23.7 Å². The minimum Gasteiger partial charge on any atom is -0.459 e. The van der Waals surface area contributed by atoms with Crippen molar-refractivity contribution in [1.29, 1.82) is 0 Å². The molecule has 9 heteroatoms. The van der Waals surface area contributed by atoms with Crippen LogP contribution in [0, 0.1) is 0 Å². The number of alkyl carbamates (subject to hydrolysis) is 1. The first-order valence-electron chi connectivity index (χ1n) is 12.9. The number of carbonyl (C=O) groups is 2. The van der Waals surface area contributed by atoms with E-state index in [0.29, 0.717) is 5.56 Å². The maximum absolute atomic E-state index is 13.2. The molecule has 0 spiro atoms. The maximum atomic E-state index is 13.2. The fourth-order valence-electron chi connectivity index (χ4n) is 4.96. The Morgan fingerprint density at radius 2 is 1.41 bits per heavy atom. The van der Waals surface area contributed by atoms with Gasteiger partial charge in [-0.3, -0.25) is 0 Å². The Bertz CT molecular complexity index is 1510. The van der Waals surface area contributed by atoms with Gasteiger partial charge in [-0.25, -0.2) is 9.59 Å². The highest BCUT2D eigenvalue weighted by molar-refractivity contribution is 6.31. The summed E-state index contributed by atoms with van der Waals surface area (Å²) in [5, 5.41) is 2.03. The summed E-state index contributed by atoms with van der Waals surface area (Å²) in [4.78, 5) is 26.0. The lowest BCUT2D eigenvalue weighted by Gasteiger charge is -2.20. The van der Waals surface area contributed by atoms with Gasteiger partial charge in [0.25, 0.3) is 0 Å². The summed E-state index contributed by atoms with van der Waals surface area (Å²) in [6.45, 7) is -0.0198. The van der Waals surface area contributed by atoms with Crippen molar-refractivity contribution in [2.45, 2.75) is 31.2 Å². The standard InChI is InChI=1S/C32H25ClF3NO4/c33-28-16-21(14-15-27(28)32(34,35)36)17-29(30(38)40-18-20-8-2-1-3-9-20)37-31(39)41-19-26-24-12-6-4-10-22(24)23-11-5-7-13-25(23)26/h1-16,26,29H,17-19H2,(H,37,39). The van der Waals surface area contributed by atoms with Crippen molar-refractivity contribution in [2.24, 2.45) is 0 Å². The van der Waals surface area contributed by atoms with Gasteiger partial charge in [0, 0.05) is 12.3 Å². The van der Waals surface area contributed by atoms with Crippen molar-refractivity contribution in [3.05, 3.63) is 130 Å². The van der Waals surface area contributed by atoms with Crippen LogP contribution in [0.5, 0.6) is 0 Å². The average Bonchev–Trinajstić information content (AvgIpc) is 3.28. The Balaban J connectivity index is 1.30. The van der Waals surface area contributed by atoms with Crippen LogP contribution in [0.25, 0.3) is 11.1 Å². The molecule has 0 fully saturated rings. The van der Waals surface area contributed by atoms with Crippen LogP contribution >= 0.6 is 11.6 Å². The van der Waals surface area contributed by atoms with E-state index in [1.54, 1.807) is 24.3 Å². The quantitative estimate of drug-likeness (QED) is 0.219. The van der Waals surface area contributed by atoms with Gasteiger partial charge in [0.1, 0.15) is 19.3 Å². The summed E-state index contributed by atoms with van der Waals surface area (Å²) in [5.41, 5.74) is 4.24. The van der Waals surface area contributed by atoms with E-state index in [9.17, 15) is 22.8 Å². The SMILES string of the molecule is O=C(NC(Cc1ccc(C(F)(F)F)c(Cl)c1)C(=O)OCc1ccccc1)OCC1c2ccccc2-c2ccccc21. The smallest absolute Gasteiger partial charge is 0.417 e. The largest absolute Gasteiger partial charge is 0.459 e. The summed E-state index contributed by atoms with van der Waals surface area (Å²) in [7, 11) is 0. The molecule has 0 radical (unpaired) electrons. The number of fused-ring (bicyclic) bond motifs is 3. The molecular formula is C32H25ClF3NO4. The first-order chi connectivity index (χ1) is 19.7. The molecular weight excluding hydrogens is 555 g/mol. The van der Waals surface area contributed by atoms with Crippen LogP contribution in [0.4, 0.5) is 18.0 Å². The van der Waals surface area contributed by atoms with E-state index in [-0.39, 0.29) is 25.6 Å².